The fraction of sp³-hybridized carbons (Fsp3) is 0.227. The van der Waals surface area contributed by atoms with Crippen molar-refractivity contribution in [3.8, 4) is 11.4 Å². The highest BCUT2D eigenvalue weighted by molar-refractivity contribution is 5.96. The summed E-state index contributed by atoms with van der Waals surface area (Å²) in [5.74, 6) is 0.573. The number of amides is 1. The summed E-state index contributed by atoms with van der Waals surface area (Å²) in [5.41, 5.74) is 11.0. The fourth-order valence-electron chi connectivity index (χ4n) is 3.44. The van der Waals surface area contributed by atoms with Crippen LogP contribution in [0, 0.1) is 6.92 Å². The summed E-state index contributed by atoms with van der Waals surface area (Å²) in [6, 6.07) is 8.98. The van der Waals surface area contributed by atoms with Gasteiger partial charge in [-0.1, -0.05) is 6.07 Å². The van der Waals surface area contributed by atoms with E-state index in [4.69, 9.17) is 10.5 Å². The molecule has 1 atom stereocenters. The molecule has 3 aromatic rings. The number of benzene rings is 1. The molecular weight excluding hydrogens is 380 g/mol. The molecule has 0 aliphatic carbocycles. The number of hydrogen-bond donors (Lipinski definition) is 3. The van der Waals surface area contributed by atoms with Crippen LogP contribution >= 0.6 is 0 Å². The highest BCUT2D eigenvalue weighted by atomic mass is 16.5. The Labute approximate surface area is 174 Å². The van der Waals surface area contributed by atoms with Crippen molar-refractivity contribution >= 4 is 17.3 Å². The number of rotatable bonds is 5. The van der Waals surface area contributed by atoms with E-state index in [2.05, 4.69) is 20.6 Å². The van der Waals surface area contributed by atoms with E-state index >= 15 is 0 Å². The molecule has 0 saturated carbocycles. The first-order valence-corrected chi connectivity index (χ1v) is 9.71. The first kappa shape index (κ1) is 19.5. The van der Waals surface area contributed by atoms with Gasteiger partial charge in [-0.25, -0.2) is 4.98 Å². The molecule has 4 rings (SSSR count). The number of methoxy groups -OCH3 is 1. The van der Waals surface area contributed by atoms with Gasteiger partial charge in [-0.2, -0.15) is 0 Å². The summed E-state index contributed by atoms with van der Waals surface area (Å²) in [6.45, 7) is 1.93. The van der Waals surface area contributed by atoms with Gasteiger partial charge in [0.2, 0.25) is 5.91 Å². The Morgan fingerprint density at radius 1 is 1.37 bits per heavy atom. The van der Waals surface area contributed by atoms with Crippen molar-refractivity contribution in [3.63, 3.8) is 0 Å². The average Bonchev–Trinajstić information content (AvgIpc) is 3.12. The predicted octanol–water partition coefficient (Wildman–Crippen LogP) is 2.38. The molecule has 2 aromatic heterocycles. The van der Waals surface area contributed by atoms with Crippen LogP contribution in [0.5, 0.6) is 5.75 Å². The van der Waals surface area contributed by atoms with E-state index in [-0.39, 0.29) is 5.91 Å². The second kappa shape index (κ2) is 8.28. The van der Waals surface area contributed by atoms with Gasteiger partial charge in [0.1, 0.15) is 11.8 Å². The number of hydrogen-bond acceptors (Lipinski definition) is 6. The molecule has 1 aromatic carbocycles. The Kier molecular flexibility index (Phi) is 5.38. The summed E-state index contributed by atoms with van der Waals surface area (Å²) in [7, 11) is 1.62. The third-order valence-electron chi connectivity index (χ3n) is 5.08. The molecule has 4 N–H and O–H groups in total. The summed E-state index contributed by atoms with van der Waals surface area (Å²) >= 11 is 0. The molecule has 1 unspecified atom stereocenters. The van der Waals surface area contributed by atoms with Crippen LogP contribution in [0.2, 0.25) is 0 Å². The number of anilines is 1. The number of pyridine rings is 1. The monoisotopic (exact) mass is 404 g/mol. The molecule has 0 bridgehead atoms. The molecule has 0 radical (unpaired) electrons. The average molecular weight is 404 g/mol. The molecule has 1 amide bonds. The molecule has 1 aliphatic heterocycles. The molecule has 0 fully saturated rings. The summed E-state index contributed by atoms with van der Waals surface area (Å²) in [6.07, 6.45) is 8.40. The number of carbonyl (C=O) groups excluding carboxylic acids is 1. The van der Waals surface area contributed by atoms with Crippen LogP contribution in [0.3, 0.4) is 0 Å². The van der Waals surface area contributed by atoms with Crippen LogP contribution < -0.4 is 21.1 Å². The van der Waals surface area contributed by atoms with E-state index in [1.54, 1.807) is 25.8 Å². The van der Waals surface area contributed by atoms with E-state index in [1.165, 1.54) is 0 Å². The van der Waals surface area contributed by atoms with Gasteiger partial charge >= 0.3 is 0 Å². The zero-order valence-corrected chi connectivity index (χ0v) is 16.9. The molecule has 154 valence electrons. The van der Waals surface area contributed by atoms with Crippen molar-refractivity contribution in [1.29, 1.82) is 0 Å². The number of aryl methyl sites for hydroxylation is 2. The quantitative estimate of drug-likeness (QED) is 0.603. The standard InChI is InChI=1S/C22H24N6O2/c1-14-12-28(13-26-14)20-8-5-15(10-21(20)30-2)16(23)11-25-19-7-6-17-18(27-22(19)29)4-3-9-24-17/h3-5,8-13,19,25H,6-7,23H2,1-2H3,(H,27,29)/b16-11-. The zero-order chi connectivity index (χ0) is 21.1. The van der Waals surface area contributed by atoms with Gasteiger partial charge in [0.15, 0.2) is 0 Å². The summed E-state index contributed by atoms with van der Waals surface area (Å²) in [4.78, 5) is 21.1. The van der Waals surface area contributed by atoms with E-state index in [0.29, 0.717) is 24.3 Å². The Morgan fingerprint density at radius 3 is 3.00 bits per heavy atom. The lowest BCUT2D eigenvalue weighted by Crippen LogP contribution is -2.37. The van der Waals surface area contributed by atoms with Crippen molar-refractivity contribution in [2.45, 2.75) is 25.8 Å². The Morgan fingerprint density at radius 2 is 2.23 bits per heavy atom. The van der Waals surface area contributed by atoms with Crippen LogP contribution in [0.4, 0.5) is 5.69 Å². The molecule has 30 heavy (non-hydrogen) atoms. The molecule has 3 heterocycles. The fourth-order valence-corrected chi connectivity index (χ4v) is 3.44. The summed E-state index contributed by atoms with van der Waals surface area (Å²) in [5, 5.41) is 6.07. The first-order valence-electron chi connectivity index (χ1n) is 9.71. The Balaban J connectivity index is 1.50. The first-order chi connectivity index (χ1) is 14.5. The van der Waals surface area contributed by atoms with Crippen molar-refractivity contribution in [2.24, 2.45) is 5.73 Å². The normalized spacial score (nSPS) is 16.4. The van der Waals surface area contributed by atoms with Crippen molar-refractivity contribution in [3.05, 3.63) is 72.2 Å². The molecule has 0 spiro atoms. The second-order valence-electron chi connectivity index (χ2n) is 7.15. The maximum atomic E-state index is 12.5. The third-order valence-corrected chi connectivity index (χ3v) is 5.08. The van der Waals surface area contributed by atoms with Gasteiger partial charge in [0, 0.05) is 24.2 Å². The van der Waals surface area contributed by atoms with Crippen molar-refractivity contribution in [1.82, 2.24) is 19.9 Å². The summed E-state index contributed by atoms with van der Waals surface area (Å²) < 4.78 is 7.44. The lowest BCUT2D eigenvalue weighted by Gasteiger charge is -2.15. The maximum absolute atomic E-state index is 12.5. The van der Waals surface area contributed by atoms with E-state index in [9.17, 15) is 4.79 Å². The minimum absolute atomic E-state index is 0.103. The highest BCUT2D eigenvalue weighted by Gasteiger charge is 2.23. The van der Waals surface area contributed by atoms with Gasteiger partial charge in [0.25, 0.3) is 0 Å². The highest BCUT2D eigenvalue weighted by Crippen LogP contribution is 2.26. The Bertz CT molecular complexity index is 1100. The zero-order valence-electron chi connectivity index (χ0n) is 16.9. The van der Waals surface area contributed by atoms with Crippen molar-refractivity contribution in [2.75, 3.05) is 12.4 Å². The topological polar surface area (TPSA) is 107 Å². The SMILES string of the molecule is COc1cc(/C(N)=C/NC2CCc3ncccc3NC2=O)ccc1-n1cnc(C)c1. The third kappa shape index (κ3) is 3.98. The maximum Gasteiger partial charge on any atom is 0.246 e. The number of ether oxygens (including phenoxy) is 1. The largest absolute Gasteiger partial charge is 0.495 e. The van der Waals surface area contributed by atoms with Gasteiger partial charge < -0.3 is 25.7 Å². The number of nitrogens with zero attached hydrogens (tertiary/aromatic N) is 3. The number of nitrogens with one attached hydrogen (secondary N) is 2. The van der Waals surface area contributed by atoms with Gasteiger partial charge in [0.05, 0.1) is 41.9 Å². The molecule has 1 aliphatic rings. The van der Waals surface area contributed by atoms with E-state index in [1.807, 2.05) is 48.0 Å². The predicted molar refractivity (Wildman–Crippen MR) is 115 cm³/mol. The molecular formula is C22H24N6O2. The van der Waals surface area contributed by atoms with Crippen molar-refractivity contribution < 1.29 is 9.53 Å². The second-order valence-corrected chi connectivity index (χ2v) is 7.15. The minimum atomic E-state index is -0.396. The number of carbonyl (C=O) groups is 1. The van der Waals surface area contributed by atoms with Crippen LogP contribution in [-0.4, -0.2) is 33.6 Å². The number of imidazole rings is 1. The Hall–Kier alpha value is -3.81. The lowest BCUT2D eigenvalue weighted by atomic mass is 10.1. The molecule has 8 heteroatoms. The smallest absolute Gasteiger partial charge is 0.246 e. The van der Waals surface area contributed by atoms with Gasteiger partial charge in [-0.05, 0) is 44.0 Å². The van der Waals surface area contributed by atoms with E-state index in [0.717, 1.165) is 28.3 Å². The van der Waals surface area contributed by atoms with Crippen LogP contribution in [0.15, 0.2) is 55.3 Å². The number of nitrogens with two attached hydrogens (primary N) is 1. The van der Waals surface area contributed by atoms with Crippen LogP contribution in [0.1, 0.15) is 23.4 Å². The lowest BCUT2D eigenvalue weighted by molar-refractivity contribution is -0.117. The molecule has 0 saturated heterocycles. The van der Waals surface area contributed by atoms with Gasteiger partial charge in [-0.3, -0.25) is 9.78 Å². The number of fused-ring (bicyclic) bond motifs is 1. The van der Waals surface area contributed by atoms with Gasteiger partial charge in [-0.15, -0.1) is 0 Å². The van der Waals surface area contributed by atoms with Crippen LogP contribution in [-0.2, 0) is 11.2 Å². The molecule has 8 nitrogen and oxygen atoms in total. The van der Waals surface area contributed by atoms with E-state index < -0.39 is 6.04 Å². The van der Waals surface area contributed by atoms with Crippen LogP contribution in [0.25, 0.3) is 11.4 Å². The minimum Gasteiger partial charge on any atom is -0.495 e. The number of aromatic nitrogens is 3.